The highest BCUT2D eigenvalue weighted by atomic mass is 32.2. The molecule has 0 amide bonds. The van der Waals surface area contributed by atoms with Gasteiger partial charge < -0.3 is 4.52 Å². The van der Waals surface area contributed by atoms with E-state index in [1.165, 1.54) is 16.4 Å². The molecular formula is C16H19FN2O3S. The highest BCUT2D eigenvalue weighted by molar-refractivity contribution is 7.89. The van der Waals surface area contributed by atoms with Gasteiger partial charge in [-0.2, -0.15) is 4.31 Å². The van der Waals surface area contributed by atoms with Crippen LogP contribution in [0.2, 0.25) is 0 Å². The largest absolute Gasteiger partial charge is 0.356 e. The molecule has 0 N–H and O–H groups in total. The Morgan fingerprint density at radius 3 is 2.74 bits per heavy atom. The van der Waals surface area contributed by atoms with Gasteiger partial charge in [-0.05, 0) is 30.7 Å². The Balaban J connectivity index is 1.88. The van der Waals surface area contributed by atoms with Gasteiger partial charge in [0, 0.05) is 30.6 Å². The van der Waals surface area contributed by atoms with Crippen molar-refractivity contribution >= 4 is 10.0 Å². The van der Waals surface area contributed by atoms with Crippen LogP contribution in [0.3, 0.4) is 0 Å². The van der Waals surface area contributed by atoms with Gasteiger partial charge in [0.15, 0.2) is 5.76 Å². The van der Waals surface area contributed by atoms with Crippen LogP contribution in [-0.4, -0.2) is 30.2 Å². The van der Waals surface area contributed by atoms with Crippen molar-refractivity contribution in [2.24, 2.45) is 0 Å². The predicted molar refractivity (Wildman–Crippen MR) is 84.7 cm³/mol. The molecule has 23 heavy (non-hydrogen) atoms. The van der Waals surface area contributed by atoms with Crippen LogP contribution in [0.25, 0.3) is 11.3 Å². The van der Waals surface area contributed by atoms with Gasteiger partial charge in [-0.25, -0.2) is 12.8 Å². The molecule has 2 aromatic rings. The van der Waals surface area contributed by atoms with E-state index >= 15 is 0 Å². The Bertz CT molecular complexity index is 784. The van der Waals surface area contributed by atoms with Gasteiger partial charge in [0.25, 0.3) is 0 Å². The zero-order chi connectivity index (χ0) is 16.4. The molecule has 0 atom stereocenters. The fourth-order valence-corrected chi connectivity index (χ4v) is 4.32. The molecule has 5 nitrogen and oxygen atoms in total. The second kappa shape index (κ2) is 6.41. The van der Waals surface area contributed by atoms with E-state index < -0.39 is 10.0 Å². The average molecular weight is 338 g/mol. The first-order valence-corrected chi connectivity index (χ1v) is 9.33. The summed E-state index contributed by atoms with van der Waals surface area (Å²) < 4.78 is 44.7. The molecule has 1 aromatic heterocycles. The van der Waals surface area contributed by atoms with Gasteiger partial charge >= 0.3 is 0 Å². The lowest BCUT2D eigenvalue weighted by Crippen LogP contribution is -2.37. The van der Waals surface area contributed by atoms with Crippen molar-refractivity contribution in [3.63, 3.8) is 0 Å². The maximum absolute atomic E-state index is 13.1. The van der Waals surface area contributed by atoms with E-state index in [0.717, 1.165) is 17.7 Å². The number of unbranched alkanes of at least 4 members (excludes halogenated alkanes) is 1. The topological polar surface area (TPSA) is 63.4 Å². The van der Waals surface area contributed by atoms with Crippen molar-refractivity contribution < 1.29 is 17.3 Å². The smallest absolute Gasteiger partial charge is 0.214 e. The Labute approximate surface area is 135 Å². The number of hydrogen-bond acceptors (Lipinski definition) is 4. The minimum Gasteiger partial charge on any atom is -0.356 e. The number of hydrogen-bond donors (Lipinski definition) is 0. The molecule has 2 heterocycles. The van der Waals surface area contributed by atoms with E-state index in [-0.39, 0.29) is 18.1 Å². The maximum Gasteiger partial charge on any atom is 0.214 e. The summed E-state index contributed by atoms with van der Waals surface area (Å²) >= 11 is 0. The molecule has 124 valence electrons. The molecule has 1 aliphatic rings. The van der Waals surface area contributed by atoms with E-state index in [4.69, 9.17) is 4.52 Å². The Morgan fingerprint density at radius 2 is 2.04 bits per heavy atom. The molecule has 0 aliphatic carbocycles. The molecule has 0 bridgehead atoms. The summed E-state index contributed by atoms with van der Waals surface area (Å²) in [6, 6.07) is 5.92. The number of nitrogens with zero attached hydrogens (tertiary/aromatic N) is 2. The summed E-state index contributed by atoms with van der Waals surface area (Å²) in [6.07, 6.45) is 2.03. The molecule has 0 spiro atoms. The molecule has 7 heteroatoms. The standard InChI is InChI=1S/C16H19FN2O3S/c1-2-3-10-23(20,21)19-9-8-15-14(11-19)16(22-18-15)12-4-6-13(17)7-5-12/h4-7H,2-3,8-11H2,1H3. The number of aromatic nitrogens is 1. The van der Waals surface area contributed by atoms with Crippen molar-refractivity contribution in [3.05, 3.63) is 41.3 Å². The van der Waals surface area contributed by atoms with Crippen molar-refractivity contribution in [1.29, 1.82) is 0 Å². The third-order valence-corrected chi connectivity index (χ3v) is 5.96. The lowest BCUT2D eigenvalue weighted by Gasteiger charge is -2.25. The molecule has 0 radical (unpaired) electrons. The van der Waals surface area contributed by atoms with Crippen LogP contribution in [0.5, 0.6) is 0 Å². The number of fused-ring (bicyclic) bond motifs is 1. The van der Waals surface area contributed by atoms with E-state index in [0.29, 0.717) is 30.7 Å². The van der Waals surface area contributed by atoms with Gasteiger partial charge in [-0.15, -0.1) is 0 Å². The van der Waals surface area contributed by atoms with Gasteiger partial charge in [0.2, 0.25) is 10.0 Å². The minimum atomic E-state index is -3.27. The summed E-state index contributed by atoms with van der Waals surface area (Å²) in [5.41, 5.74) is 2.27. The Kier molecular flexibility index (Phi) is 4.50. The highest BCUT2D eigenvalue weighted by Crippen LogP contribution is 2.31. The minimum absolute atomic E-state index is 0.163. The summed E-state index contributed by atoms with van der Waals surface area (Å²) in [5, 5.41) is 4.04. The first-order chi connectivity index (χ1) is 11.0. The van der Waals surface area contributed by atoms with Crippen LogP contribution in [0, 0.1) is 5.82 Å². The zero-order valence-corrected chi connectivity index (χ0v) is 13.8. The average Bonchev–Trinajstić information content (AvgIpc) is 2.97. The van der Waals surface area contributed by atoms with E-state index in [1.807, 2.05) is 6.92 Å². The van der Waals surface area contributed by atoms with Gasteiger partial charge in [-0.3, -0.25) is 0 Å². The van der Waals surface area contributed by atoms with Crippen LogP contribution in [0.1, 0.15) is 31.0 Å². The number of sulfonamides is 1. The molecule has 3 rings (SSSR count). The first kappa shape index (κ1) is 16.1. The second-order valence-corrected chi connectivity index (χ2v) is 7.79. The number of halogens is 1. The third kappa shape index (κ3) is 3.30. The van der Waals surface area contributed by atoms with E-state index in [1.54, 1.807) is 12.1 Å². The van der Waals surface area contributed by atoms with Gasteiger partial charge in [0.1, 0.15) is 5.82 Å². The van der Waals surface area contributed by atoms with Crippen LogP contribution < -0.4 is 0 Å². The van der Waals surface area contributed by atoms with Gasteiger partial charge in [0.05, 0.1) is 11.4 Å². The fourth-order valence-electron chi connectivity index (χ4n) is 2.71. The van der Waals surface area contributed by atoms with Crippen molar-refractivity contribution in [3.8, 4) is 11.3 Å². The lowest BCUT2D eigenvalue weighted by molar-refractivity contribution is 0.385. The summed E-state index contributed by atoms with van der Waals surface area (Å²) in [5.74, 6) is 0.358. The second-order valence-electron chi connectivity index (χ2n) is 5.70. The Morgan fingerprint density at radius 1 is 1.30 bits per heavy atom. The quantitative estimate of drug-likeness (QED) is 0.841. The van der Waals surface area contributed by atoms with Crippen LogP contribution in [-0.2, 0) is 23.0 Å². The van der Waals surface area contributed by atoms with Crippen molar-refractivity contribution in [1.82, 2.24) is 9.46 Å². The predicted octanol–water partition coefficient (Wildman–Crippen LogP) is 2.97. The summed E-state index contributed by atoms with van der Waals surface area (Å²) in [7, 11) is -3.27. The molecule has 0 saturated carbocycles. The van der Waals surface area contributed by atoms with E-state index in [2.05, 4.69) is 5.16 Å². The molecule has 1 aliphatic heterocycles. The fraction of sp³-hybridized carbons (Fsp3) is 0.438. The lowest BCUT2D eigenvalue weighted by atomic mass is 10.0. The van der Waals surface area contributed by atoms with Crippen molar-refractivity contribution in [2.45, 2.75) is 32.7 Å². The molecule has 0 saturated heterocycles. The molecule has 1 aromatic carbocycles. The summed E-state index contributed by atoms with van der Waals surface area (Å²) in [4.78, 5) is 0. The monoisotopic (exact) mass is 338 g/mol. The first-order valence-electron chi connectivity index (χ1n) is 7.72. The van der Waals surface area contributed by atoms with Crippen LogP contribution >= 0.6 is 0 Å². The normalized spacial score (nSPS) is 15.6. The Hall–Kier alpha value is -1.73. The highest BCUT2D eigenvalue weighted by Gasteiger charge is 2.30. The number of rotatable bonds is 5. The molecule has 0 fully saturated rings. The van der Waals surface area contributed by atoms with Gasteiger partial charge in [-0.1, -0.05) is 18.5 Å². The zero-order valence-electron chi connectivity index (χ0n) is 13.0. The molecule has 0 unspecified atom stereocenters. The maximum atomic E-state index is 13.1. The SMILES string of the molecule is CCCCS(=O)(=O)N1CCc2noc(-c3ccc(F)cc3)c2C1. The third-order valence-electron chi connectivity index (χ3n) is 4.06. The van der Waals surface area contributed by atoms with E-state index in [9.17, 15) is 12.8 Å². The van der Waals surface area contributed by atoms with Crippen LogP contribution in [0.15, 0.2) is 28.8 Å². The van der Waals surface area contributed by atoms with Crippen molar-refractivity contribution in [2.75, 3.05) is 12.3 Å². The molecular weight excluding hydrogens is 319 g/mol. The number of benzene rings is 1. The van der Waals surface area contributed by atoms with Crippen LogP contribution in [0.4, 0.5) is 4.39 Å². The summed E-state index contributed by atoms with van der Waals surface area (Å²) in [6.45, 7) is 2.66.